The number of hydrogen-bond donors (Lipinski definition) is 2. The van der Waals surface area contributed by atoms with Crippen LogP contribution in [0.1, 0.15) is 55.1 Å². The molecule has 16 heteroatoms. The first-order chi connectivity index (χ1) is 28.9. The number of thiazole rings is 1. The highest BCUT2D eigenvalue weighted by atomic mass is 32.2. The molecule has 0 spiro atoms. The van der Waals surface area contributed by atoms with Crippen molar-refractivity contribution < 1.29 is 32.3 Å². The van der Waals surface area contributed by atoms with Crippen molar-refractivity contribution in [1.29, 1.82) is 0 Å². The second kappa shape index (κ2) is 17.3. The maximum Gasteiger partial charge on any atom is 0.255 e. The highest BCUT2D eigenvalue weighted by Crippen LogP contribution is 2.38. The number of piperidine rings is 1. The molecule has 60 heavy (non-hydrogen) atoms. The number of amides is 3. The summed E-state index contributed by atoms with van der Waals surface area (Å²) < 4.78 is 40.1. The fraction of sp³-hybridized carbons (Fsp3) is 0.386. The topological polar surface area (TPSA) is 163 Å². The van der Waals surface area contributed by atoms with Crippen LogP contribution in [-0.2, 0) is 30.7 Å². The van der Waals surface area contributed by atoms with Gasteiger partial charge in [0, 0.05) is 92.4 Å². The average Bonchev–Trinajstić information content (AvgIpc) is 3.83. The number of nitrogens with one attached hydrogen (secondary N) is 2. The van der Waals surface area contributed by atoms with Crippen LogP contribution < -0.4 is 15.4 Å². The molecule has 0 saturated carbocycles. The van der Waals surface area contributed by atoms with E-state index in [2.05, 4.69) is 42.2 Å². The molecule has 0 bridgehead atoms. The second-order valence-corrected chi connectivity index (χ2v) is 19.6. The SMILES string of the molecule is CC(C)(C)S(=O)(=O)c1cc2c(Nc3ccc4scnc4c3)ccnc2cc1OCCN1CCN(CCOCC#Cc2cccc3c2CN(C2CCC(=O)NC2=O)C3=O)CC1. The van der Waals surface area contributed by atoms with Gasteiger partial charge in [0.25, 0.3) is 5.91 Å². The number of nitrogens with zero attached hydrogens (tertiary/aromatic N) is 5. The molecule has 3 amide bonds. The number of rotatable bonds is 12. The van der Waals surface area contributed by atoms with Gasteiger partial charge in [-0.3, -0.25) is 34.5 Å². The second-order valence-electron chi connectivity index (χ2n) is 16.1. The molecule has 8 rings (SSSR count). The van der Waals surface area contributed by atoms with Gasteiger partial charge in [0.05, 0.1) is 32.6 Å². The Balaban J connectivity index is 0.819. The summed E-state index contributed by atoms with van der Waals surface area (Å²) in [5.41, 5.74) is 6.95. The Hall–Kier alpha value is -5.44. The molecule has 3 aliphatic rings. The average molecular weight is 850 g/mol. The van der Waals surface area contributed by atoms with E-state index < -0.39 is 26.5 Å². The lowest BCUT2D eigenvalue weighted by atomic mass is 10.0. The maximum atomic E-state index is 14.0. The van der Waals surface area contributed by atoms with Crippen LogP contribution in [0.25, 0.3) is 21.1 Å². The minimum atomic E-state index is -3.78. The molecule has 2 N–H and O–H groups in total. The Morgan fingerprint density at radius 1 is 0.950 bits per heavy atom. The zero-order valence-electron chi connectivity index (χ0n) is 33.8. The molecule has 1 unspecified atom stereocenters. The zero-order chi connectivity index (χ0) is 42.0. The first-order valence-electron chi connectivity index (χ1n) is 20.0. The summed E-state index contributed by atoms with van der Waals surface area (Å²) in [6.07, 6.45) is 2.22. The van der Waals surface area contributed by atoms with Gasteiger partial charge in [0.15, 0.2) is 9.84 Å². The van der Waals surface area contributed by atoms with E-state index in [4.69, 9.17) is 9.47 Å². The van der Waals surface area contributed by atoms with E-state index in [9.17, 15) is 22.8 Å². The van der Waals surface area contributed by atoms with E-state index in [0.717, 1.165) is 65.4 Å². The van der Waals surface area contributed by atoms with Gasteiger partial charge in [-0.25, -0.2) is 13.4 Å². The number of anilines is 2. The number of carbonyl (C=O) groups excluding carboxylic acids is 3. The third kappa shape index (κ3) is 8.72. The zero-order valence-corrected chi connectivity index (χ0v) is 35.5. The molecule has 3 aromatic carbocycles. The van der Waals surface area contributed by atoms with Crippen LogP contribution >= 0.6 is 11.3 Å². The minimum Gasteiger partial charge on any atom is -0.491 e. The van der Waals surface area contributed by atoms with Crippen molar-refractivity contribution in [3.63, 3.8) is 0 Å². The lowest BCUT2D eigenvalue weighted by Crippen LogP contribution is -2.52. The summed E-state index contributed by atoms with van der Waals surface area (Å²) in [6.45, 7) is 11.2. The Morgan fingerprint density at radius 3 is 2.50 bits per heavy atom. The molecule has 2 saturated heterocycles. The third-order valence-corrected chi connectivity index (χ3v) is 14.5. The first kappa shape index (κ1) is 41.3. The predicted octanol–water partition coefficient (Wildman–Crippen LogP) is 4.99. The van der Waals surface area contributed by atoms with E-state index >= 15 is 0 Å². The third-order valence-electron chi connectivity index (χ3n) is 11.2. The number of sulfone groups is 1. The van der Waals surface area contributed by atoms with Crippen LogP contribution in [0.5, 0.6) is 5.75 Å². The molecule has 5 aromatic rings. The van der Waals surface area contributed by atoms with Crippen molar-refractivity contribution in [2.75, 3.05) is 64.4 Å². The summed E-state index contributed by atoms with van der Waals surface area (Å²) in [5, 5.41) is 6.45. The van der Waals surface area contributed by atoms with Crippen LogP contribution in [0.4, 0.5) is 11.4 Å². The summed E-state index contributed by atoms with van der Waals surface area (Å²) in [7, 11) is -3.78. The predicted molar refractivity (Wildman–Crippen MR) is 230 cm³/mol. The lowest BCUT2D eigenvalue weighted by molar-refractivity contribution is -0.136. The molecule has 312 valence electrons. The molecular formula is C44H47N7O7S2. The Kier molecular flexibility index (Phi) is 11.9. The van der Waals surface area contributed by atoms with Crippen LogP contribution in [0.3, 0.4) is 0 Å². The largest absolute Gasteiger partial charge is 0.491 e. The number of pyridine rings is 1. The monoisotopic (exact) mass is 849 g/mol. The lowest BCUT2D eigenvalue weighted by Gasteiger charge is -2.34. The maximum absolute atomic E-state index is 14.0. The van der Waals surface area contributed by atoms with Gasteiger partial charge in [-0.05, 0) is 75.2 Å². The van der Waals surface area contributed by atoms with Gasteiger partial charge in [0.2, 0.25) is 11.8 Å². The van der Waals surface area contributed by atoms with Crippen LogP contribution in [-0.4, -0.2) is 121 Å². The number of aromatic nitrogens is 2. The van der Waals surface area contributed by atoms with E-state index in [1.807, 2.05) is 35.8 Å². The van der Waals surface area contributed by atoms with Gasteiger partial charge in [0.1, 0.15) is 29.9 Å². The summed E-state index contributed by atoms with van der Waals surface area (Å²) in [6, 6.07) is 16.0. The number of imide groups is 1. The smallest absolute Gasteiger partial charge is 0.255 e. The van der Waals surface area contributed by atoms with Crippen molar-refractivity contribution in [1.82, 2.24) is 30.0 Å². The fourth-order valence-electron chi connectivity index (χ4n) is 7.68. The van der Waals surface area contributed by atoms with Crippen molar-refractivity contribution >= 4 is 71.4 Å². The standard InChI is InChI=1S/C44H47N7O7S2/c1-44(2,3)60(55,56)40-25-32-34(47-30-9-11-39-36(24-30)46-28-59-39)13-14-45-35(32)26-38(40)58-23-20-50-17-15-49(16-18-50)19-22-57-21-5-7-29-6-4-8-31-33(29)27-51(43(31)54)37-10-12-41(52)48-42(37)53/h4,6,8-9,11,13-14,24-26,28,37H,10,12,15-23,27H2,1-3H3,(H,45,47)(H,48,52,53). The van der Waals surface area contributed by atoms with Crippen LogP contribution in [0.15, 0.2) is 71.2 Å². The highest BCUT2D eigenvalue weighted by Gasteiger charge is 2.40. The molecule has 2 aromatic heterocycles. The molecular weight excluding hydrogens is 803 g/mol. The van der Waals surface area contributed by atoms with E-state index in [1.54, 1.807) is 62.6 Å². The molecule has 14 nitrogen and oxygen atoms in total. The van der Waals surface area contributed by atoms with Crippen LogP contribution in [0.2, 0.25) is 0 Å². The number of hydrogen-bond acceptors (Lipinski definition) is 13. The molecule has 3 aliphatic heterocycles. The van der Waals surface area contributed by atoms with E-state index in [-0.39, 0.29) is 36.3 Å². The Labute approximate surface area is 353 Å². The van der Waals surface area contributed by atoms with Gasteiger partial charge < -0.3 is 19.7 Å². The quantitative estimate of drug-likeness (QED) is 0.0985. The van der Waals surface area contributed by atoms with Crippen molar-refractivity contribution in [2.45, 2.75) is 55.8 Å². The molecule has 5 heterocycles. The van der Waals surface area contributed by atoms with Crippen molar-refractivity contribution in [2.24, 2.45) is 0 Å². The Morgan fingerprint density at radius 2 is 1.73 bits per heavy atom. The minimum absolute atomic E-state index is 0.141. The van der Waals surface area contributed by atoms with Gasteiger partial charge >= 0.3 is 0 Å². The van der Waals surface area contributed by atoms with Gasteiger partial charge in [-0.1, -0.05) is 17.9 Å². The fourth-order valence-corrected chi connectivity index (χ4v) is 9.65. The number of ether oxygens (including phenoxy) is 2. The van der Waals surface area contributed by atoms with E-state index in [0.29, 0.717) is 48.4 Å². The first-order valence-corrected chi connectivity index (χ1v) is 22.4. The molecule has 2 fully saturated rings. The number of carbonyl (C=O) groups is 3. The molecule has 0 radical (unpaired) electrons. The van der Waals surface area contributed by atoms with Crippen molar-refractivity contribution in [3.8, 4) is 17.6 Å². The van der Waals surface area contributed by atoms with Gasteiger partial charge in [-0.15, -0.1) is 11.3 Å². The van der Waals surface area contributed by atoms with Gasteiger partial charge in [-0.2, -0.15) is 0 Å². The summed E-state index contributed by atoms with van der Waals surface area (Å²) >= 11 is 1.58. The highest BCUT2D eigenvalue weighted by molar-refractivity contribution is 7.92. The normalized spacial score (nSPS) is 17.8. The van der Waals surface area contributed by atoms with E-state index in [1.165, 1.54) is 4.90 Å². The Bertz CT molecular complexity index is 2640. The number of benzene rings is 3. The summed E-state index contributed by atoms with van der Waals surface area (Å²) in [5.74, 6) is 5.54. The number of fused-ring (bicyclic) bond motifs is 3. The summed E-state index contributed by atoms with van der Waals surface area (Å²) in [4.78, 5) is 52.5. The molecule has 1 atom stereocenters. The van der Waals surface area contributed by atoms with Crippen LogP contribution in [0, 0.1) is 11.8 Å². The molecule has 0 aliphatic carbocycles. The number of piperazine rings is 1. The van der Waals surface area contributed by atoms with Crippen molar-refractivity contribution in [3.05, 3.63) is 83.0 Å².